The molecule has 1 aliphatic carbocycles. The Kier molecular flexibility index (Phi) is 3.63. The summed E-state index contributed by atoms with van der Waals surface area (Å²) in [6, 6.07) is 8.27. The molecular weight excluding hydrogens is 306 g/mol. The maximum atomic E-state index is 11.2. The molecule has 0 radical (unpaired) electrons. The van der Waals surface area contributed by atoms with Gasteiger partial charge in [0.1, 0.15) is 6.04 Å². The van der Waals surface area contributed by atoms with Crippen molar-refractivity contribution in [3.63, 3.8) is 0 Å². The van der Waals surface area contributed by atoms with Crippen LogP contribution in [-0.4, -0.2) is 35.1 Å². The van der Waals surface area contributed by atoms with E-state index in [9.17, 15) is 9.90 Å². The minimum absolute atomic E-state index is 0.244. The van der Waals surface area contributed by atoms with E-state index in [1.165, 1.54) is 12.0 Å². The molecule has 4 heteroatoms. The summed E-state index contributed by atoms with van der Waals surface area (Å²) in [6.45, 7) is 1.89. The minimum Gasteiger partial charge on any atom is -0.480 e. The third kappa shape index (κ3) is 2.84. The predicted octanol–water partition coefficient (Wildman–Crippen LogP) is 3.10. The van der Waals surface area contributed by atoms with Crippen LogP contribution in [0, 0.1) is 5.92 Å². The van der Waals surface area contributed by atoms with Crippen molar-refractivity contribution in [2.24, 2.45) is 5.92 Å². The summed E-state index contributed by atoms with van der Waals surface area (Å²) in [4.78, 5) is 13.3. The van der Waals surface area contributed by atoms with Crippen molar-refractivity contribution in [2.75, 3.05) is 13.1 Å². The lowest BCUT2D eigenvalue weighted by atomic mass is 10.1. The van der Waals surface area contributed by atoms with Gasteiger partial charge < -0.3 is 5.11 Å². The molecule has 1 saturated carbocycles. The Morgan fingerprint density at radius 2 is 2.11 bits per heavy atom. The van der Waals surface area contributed by atoms with Gasteiger partial charge in [-0.15, -0.1) is 0 Å². The highest BCUT2D eigenvalue weighted by atomic mass is 79.9. The van der Waals surface area contributed by atoms with Gasteiger partial charge in [-0.3, -0.25) is 9.69 Å². The molecule has 3 atom stereocenters. The van der Waals surface area contributed by atoms with Gasteiger partial charge in [0, 0.05) is 11.0 Å². The first-order chi connectivity index (χ1) is 9.15. The second kappa shape index (κ2) is 5.25. The number of carboxylic acids is 1. The Balaban J connectivity index is 1.58. The lowest BCUT2D eigenvalue weighted by Crippen LogP contribution is -2.37. The molecule has 3 rings (SSSR count). The minimum atomic E-state index is -0.654. The van der Waals surface area contributed by atoms with E-state index in [-0.39, 0.29) is 6.04 Å². The summed E-state index contributed by atoms with van der Waals surface area (Å²) < 4.78 is 1.11. The number of benzene rings is 1. The van der Waals surface area contributed by atoms with Gasteiger partial charge in [0.05, 0.1) is 0 Å². The lowest BCUT2D eigenvalue weighted by Gasteiger charge is -2.20. The van der Waals surface area contributed by atoms with Gasteiger partial charge in [-0.1, -0.05) is 28.1 Å². The second-order valence-corrected chi connectivity index (χ2v) is 6.56. The number of nitrogens with zero attached hydrogens (tertiary/aromatic N) is 1. The first-order valence-corrected chi connectivity index (χ1v) is 7.67. The highest BCUT2D eigenvalue weighted by molar-refractivity contribution is 9.10. The molecule has 1 aromatic rings. The number of carbonyl (C=O) groups is 1. The summed E-state index contributed by atoms with van der Waals surface area (Å²) >= 11 is 3.45. The first kappa shape index (κ1) is 13.1. The monoisotopic (exact) mass is 323 g/mol. The van der Waals surface area contributed by atoms with Gasteiger partial charge in [-0.05, 0) is 55.3 Å². The van der Waals surface area contributed by atoms with Gasteiger partial charge >= 0.3 is 5.97 Å². The van der Waals surface area contributed by atoms with E-state index in [0.29, 0.717) is 11.8 Å². The molecule has 1 saturated heterocycles. The third-order valence-electron chi connectivity index (χ3n) is 4.34. The quantitative estimate of drug-likeness (QED) is 0.925. The van der Waals surface area contributed by atoms with Crippen LogP contribution in [0.1, 0.15) is 30.7 Å². The number of rotatable bonds is 4. The molecule has 1 aliphatic heterocycles. The Hall–Kier alpha value is -0.870. The fourth-order valence-electron chi connectivity index (χ4n) is 3.19. The third-order valence-corrected chi connectivity index (χ3v) is 4.87. The van der Waals surface area contributed by atoms with Gasteiger partial charge in [0.25, 0.3) is 0 Å². The maximum absolute atomic E-state index is 11.2. The molecule has 2 aliphatic rings. The molecule has 0 bridgehead atoms. The van der Waals surface area contributed by atoms with Crippen LogP contribution in [0.25, 0.3) is 0 Å². The van der Waals surface area contributed by atoms with Gasteiger partial charge in [0.15, 0.2) is 0 Å². The van der Waals surface area contributed by atoms with E-state index >= 15 is 0 Å². The van der Waals surface area contributed by atoms with Crippen molar-refractivity contribution in [1.29, 1.82) is 0 Å². The molecule has 1 N–H and O–H groups in total. The Labute approximate surface area is 121 Å². The second-order valence-electron chi connectivity index (χ2n) is 5.65. The topological polar surface area (TPSA) is 40.5 Å². The molecule has 0 unspecified atom stereocenters. The number of hydrogen-bond acceptors (Lipinski definition) is 2. The summed E-state index contributed by atoms with van der Waals surface area (Å²) in [6.07, 6.45) is 3.03. The molecule has 0 aromatic heterocycles. The van der Waals surface area contributed by atoms with Gasteiger partial charge in [0.2, 0.25) is 0 Å². The van der Waals surface area contributed by atoms with E-state index in [4.69, 9.17) is 0 Å². The van der Waals surface area contributed by atoms with Crippen LogP contribution < -0.4 is 0 Å². The number of aliphatic carboxylic acids is 1. The van der Waals surface area contributed by atoms with Crippen molar-refractivity contribution in [3.8, 4) is 0 Å². The molecule has 3 nitrogen and oxygen atoms in total. The number of carboxylic acid groups (broad SMARTS) is 1. The van der Waals surface area contributed by atoms with Gasteiger partial charge in [-0.2, -0.15) is 0 Å². The fourth-order valence-corrected chi connectivity index (χ4v) is 3.46. The molecular formula is C15H18BrNO2. The van der Waals surface area contributed by atoms with E-state index in [0.717, 1.165) is 30.4 Å². The standard InChI is InChI=1S/C15H18BrNO2/c16-12-5-3-10(4-6-12)13-8-11(13)9-17-7-1-2-14(17)15(18)19/h3-6,11,13-14H,1-2,7-9H2,(H,18,19)/t11-,13+,14+/m1/s1. The molecule has 0 spiro atoms. The largest absolute Gasteiger partial charge is 0.480 e. The van der Waals surface area contributed by atoms with Crippen molar-refractivity contribution < 1.29 is 9.90 Å². The van der Waals surface area contributed by atoms with Crippen LogP contribution >= 0.6 is 15.9 Å². The average molecular weight is 324 g/mol. The SMILES string of the molecule is O=C(O)[C@@H]1CCCN1C[C@H]1C[C@H]1c1ccc(Br)cc1. The highest BCUT2D eigenvalue weighted by Gasteiger charge is 2.42. The molecule has 19 heavy (non-hydrogen) atoms. The first-order valence-electron chi connectivity index (χ1n) is 6.87. The average Bonchev–Trinajstić information content (AvgIpc) is 2.97. The number of hydrogen-bond donors (Lipinski definition) is 1. The number of halogens is 1. The van der Waals surface area contributed by atoms with E-state index in [1.54, 1.807) is 0 Å². The van der Waals surface area contributed by atoms with Crippen LogP contribution in [0.15, 0.2) is 28.7 Å². The normalized spacial score (nSPS) is 30.5. The van der Waals surface area contributed by atoms with Gasteiger partial charge in [-0.25, -0.2) is 0 Å². The van der Waals surface area contributed by atoms with E-state index in [2.05, 4.69) is 45.1 Å². The van der Waals surface area contributed by atoms with Crippen molar-refractivity contribution in [3.05, 3.63) is 34.3 Å². The maximum Gasteiger partial charge on any atom is 0.320 e. The highest BCUT2D eigenvalue weighted by Crippen LogP contribution is 2.48. The van der Waals surface area contributed by atoms with Crippen molar-refractivity contribution in [2.45, 2.75) is 31.2 Å². The Bertz CT molecular complexity index is 474. The Morgan fingerprint density at radius 1 is 1.37 bits per heavy atom. The molecule has 2 fully saturated rings. The zero-order valence-corrected chi connectivity index (χ0v) is 12.3. The summed E-state index contributed by atoms with van der Waals surface area (Å²) in [5.41, 5.74) is 1.39. The smallest absolute Gasteiger partial charge is 0.320 e. The van der Waals surface area contributed by atoms with Crippen LogP contribution in [0.4, 0.5) is 0 Å². The zero-order valence-electron chi connectivity index (χ0n) is 10.8. The summed E-state index contributed by atoms with van der Waals surface area (Å²) in [5, 5.41) is 9.18. The molecule has 1 aromatic carbocycles. The summed E-state index contributed by atoms with van der Waals surface area (Å²) in [5.74, 6) is 0.614. The van der Waals surface area contributed by atoms with Crippen LogP contribution in [0.5, 0.6) is 0 Å². The zero-order chi connectivity index (χ0) is 13.4. The predicted molar refractivity (Wildman–Crippen MR) is 77.2 cm³/mol. The summed E-state index contributed by atoms with van der Waals surface area (Å²) in [7, 11) is 0. The van der Waals surface area contributed by atoms with Crippen molar-refractivity contribution in [1.82, 2.24) is 4.90 Å². The Morgan fingerprint density at radius 3 is 2.79 bits per heavy atom. The molecule has 1 heterocycles. The number of likely N-dealkylation sites (tertiary alicyclic amines) is 1. The molecule has 0 amide bonds. The van der Waals surface area contributed by atoms with Crippen LogP contribution in [0.3, 0.4) is 0 Å². The van der Waals surface area contributed by atoms with Crippen LogP contribution in [-0.2, 0) is 4.79 Å². The van der Waals surface area contributed by atoms with Crippen LogP contribution in [0.2, 0.25) is 0 Å². The lowest BCUT2D eigenvalue weighted by molar-refractivity contribution is -0.142. The fraction of sp³-hybridized carbons (Fsp3) is 0.533. The van der Waals surface area contributed by atoms with Crippen molar-refractivity contribution >= 4 is 21.9 Å². The molecule has 102 valence electrons. The van der Waals surface area contributed by atoms with E-state index < -0.39 is 5.97 Å². The van der Waals surface area contributed by atoms with E-state index in [1.807, 2.05) is 0 Å².